The van der Waals surface area contributed by atoms with Crippen molar-refractivity contribution in [2.45, 2.75) is 25.7 Å². The van der Waals surface area contributed by atoms with Gasteiger partial charge in [0.1, 0.15) is 0 Å². The Kier molecular flexibility index (Phi) is 3.25. The molecule has 0 amide bonds. The van der Waals surface area contributed by atoms with Crippen LogP contribution in [-0.2, 0) is 7.05 Å². The van der Waals surface area contributed by atoms with E-state index < -0.39 is 0 Å². The molecular weight excluding hydrogens is 166 g/mol. The van der Waals surface area contributed by atoms with Gasteiger partial charge in [0.2, 0.25) is 5.95 Å². The minimum Gasteiger partial charge on any atom is -0.368 e. The van der Waals surface area contributed by atoms with E-state index in [1.807, 2.05) is 0 Å². The molecule has 0 aliphatic carbocycles. The van der Waals surface area contributed by atoms with Crippen molar-refractivity contribution in [3.8, 4) is 0 Å². The molecule has 13 heavy (non-hydrogen) atoms. The van der Waals surface area contributed by atoms with Crippen LogP contribution in [0.5, 0.6) is 0 Å². The molecule has 74 valence electrons. The molecule has 0 fully saturated rings. The fourth-order valence-corrected chi connectivity index (χ4v) is 1.18. The fourth-order valence-electron chi connectivity index (χ4n) is 1.18. The highest BCUT2D eigenvalue weighted by Gasteiger charge is 2.11. The van der Waals surface area contributed by atoms with Crippen molar-refractivity contribution >= 4 is 5.95 Å². The highest BCUT2D eigenvalue weighted by molar-refractivity contribution is 5.16. The Hall–Kier alpha value is -1.10. The van der Waals surface area contributed by atoms with Crippen molar-refractivity contribution in [1.29, 1.82) is 0 Å². The topological polar surface area (TPSA) is 82.7 Å². The number of nitrogens with zero attached hydrogens (tertiary/aromatic N) is 3. The van der Waals surface area contributed by atoms with Crippen LogP contribution in [0.25, 0.3) is 0 Å². The number of aryl methyl sites for hydroxylation is 1. The predicted molar refractivity (Wildman–Crippen MR) is 52.1 cm³/mol. The highest BCUT2D eigenvalue weighted by atomic mass is 15.4. The van der Waals surface area contributed by atoms with Crippen LogP contribution < -0.4 is 11.5 Å². The Balaban J connectivity index is 2.60. The van der Waals surface area contributed by atoms with Gasteiger partial charge in [0, 0.05) is 13.0 Å². The van der Waals surface area contributed by atoms with Gasteiger partial charge in [-0.15, -0.1) is 0 Å². The lowest BCUT2D eigenvalue weighted by Crippen LogP contribution is -2.03. The Morgan fingerprint density at radius 1 is 1.54 bits per heavy atom. The van der Waals surface area contributed by atoms with Crippen LogP contribution in [0.1, 0.15) is 31.5 Å². The van der Waals surface area contributed by atoms with Gasteiger partial charge >= 0.3 is 0 Å². The molecule has 1 rings (SSSR count). The molecule has 0 saturated carbocycles. The Morgan fingerprint density at radius 3 is 2.69 bits per heavy atom. The van der Waals surface area contributed by atoms with Crippen LogP contribution in [0.2, 0.25) is 0 Å². The van der Waals surface area contributed by atoms with E-state index in [0.29, 0.717) is 18.4 Å². The molecule has 0 aliphatic rings. The van der Waals surface area contributed by atoms with E-state index in [0.717, 1.165) is 18.7 Å². The van der Waals surface area contributed by atoms with E-state index >= 15 is 0 Å². The largest absolute Gasteiger partial charge is 0.368 e. The first-order valence-corrected chi connectivity index (χ1v) is 4.51. The Labute approximate surface area is 78.1 Å². The molecule has 1 heterocycles. The minimum atomic E-state index is 0.340. The van der Waals surface area contributed by atoms with Crippen LogP contribution in [0.4, 0.5) is 5.95 Å². The smallest absolute Gasteiger partial charge is 0.218 e. The summed E-state index contributed by atoms with van der Waals surface area (Å²) in [6.07, 6.45) is 2.01. The summed E-state index contributed by atoms with van der Waals surface area (Å²) in [5.41, 5.74) is 11.0. The summed E-state index contributed by atoms with van der Waals surface area (Å²) in [4.78, 5) is 4.15. The standard InChI is InChI=1S/C8H17N5/c1-6(4-3-5-9)7-11-8(10)13(2)12-7/h6H,3-5,9H2,1-2H3,(H2,10,11,12). The molecule has 1 unspecified atom stereocenters. The van der Waals surface area contributed by atoms with E-state index in [2.05, 4.69) is 17.0 Å². The number of anilines is 1. The fraction of sp³-hybridized carbons (Fsp3) is 0.750. The number of nitrogens with two attached hydrogens (primary N) is 2. The number of aromatic nitrogens is 3. The van der Waals surface area contributed by atoms with Crippen LogP contribution in [0, 0.1) is 0 Å². The van der Waals surface area contributed by atoms with Crippen molar-refractivity contribution < 1.29 is 0 Å². The first-order chi connectivity index (χ1) is 6.15. The normalized spacial score (nSPS) is 13.2. The van der Waals surface area contributed by atoms with Gasteiger partial charge in [-0.1, -0.05) is 6.92 Å². The summed E-state index contributed by atoms with van der Waals surface area (Å²) in [5.74, 6) is 1.62. The number of nitrogen functional groups attached to an aromatic ring is 1. The van der Waals surface area contributed by atoms with Crippen molar-refractivity contribution in [1.82, 2.24) is 14.8 Å². The monoisotopic (exact) mass is 183 g/mol. The molecule has 5 heteroatoms. The highest BCUT2D eigenvalue weighted by Crippen LogP contribution is 2.17. The molecule has 0 spiro atoms. The van der Waals surface area contributed by atoms with Gasteiger partial charge in [-0.05, 0) is 19.4 Å². The predicted octanol–water partition coefficient (Wildman–Crippen LogP) is 0.240. The van der Waals surface area contributed by atoms with Crippen LogP contribution >= 0.6 is 0 Å². The third kappa shape index (κ3) is 2.42. The number of rotatable bonds is 4. The molecule has 0 saturated heterocycles. The molecular formula is C8H17N5. The Morgan fingerprint density at radius 2 is 2.23 bits per heavy atom. The summed E-state index contributed by atoms with van der Waals surface area (Å²) in [6.45, 7) is 2.80. The zero-order chi connectivity index (χ0) is 9.84. The lowest BCUT2D eigenvalue weighted by Gasteiger charge is -2.04. The van der Waals surface area contributed by atoms with E-state index in [-0.39, 0.29) is 0 Å². The van der Waals surface area contributed by atoms with Gasteiger partial charge in [0.05, 0.1) is 0 Å². The molecule has 1 atom stereocenters. The van der Waals surface area contributed by atoms with Crippen LogP contribution in [0.15, 0.2) is 0 Å². The van der Waals surface area contributed by atoms with Crippen molar-refractivity contribution in [3.63, 3.8) is 0 Å². The van der Waals surface area contributed by atoms with Gasteiger partial charge < -0.3 is 11.5 Å². The minimum absolute atomic E-state index is 0.340. The average molecular weight is 183 g/mol. The first-order valence-electron chi connectivity index (χ1n) is 4.51. The quantitative estimate of drug-likeness (QED) is 0.700. The molecule has 1 aromatic rings. The van der Waals surface area contributed by atoms with E-state index in [1.165, 1.54) is 0 Å². The summed E-state index contributed by atoms with van der Waals surface area (Å²) in [6, 6.07) is 0. The molecule has 0 radical (unpaired) electrons. The van der Waals surface area contributed by atoms with Crippen LogP contribution in [0.3, 0.4) is 0 Å². The van der Waals surface area contributed by atoms with E-state index in [9.17, 15) is 0 Å². The molecule has 1 aromatic heterocycles. The van der Waals surface area contributed by atoms with E-state index in [4.69, 9.17) is 11.5 Å². The van der Waals surface area contributed by atoms with Crippen molar-refractivity contribution in [2.24, 2.45) is 12.8 Å². The third-order valence-corrected chi connectivity index (χ3v) is 2.10. The molecule has 5 nitrogen and oxygen atoms in total. The van der Waals surface area contributed by atoms with Gasteiger partial charge in [0.25, 0.3) is 0 Å². The second-order valence-electron chi connectivity index (χ2n) is 3.28. The third-order valence-electron chi connectivity index (χ3n) is 2.10. The number of hydrogen-bond donors (Lipinski definition) is 2. The first kappa shape index (κ1) is 9.98. The Bertz CT molecular complexity index is 248. The van der Waals surface area contributed by atoms with Gasteiger partial charge in [0.15, 0.2) is 5.82 Å². The number of hydrogen-bond acceptors (Lipinski definition) is 4. The van der Waals surface area contributed by atoms with Crippen molar-refractivity contribution in [3.05, 3.63) is 5.82 Å². The molecule has 0 aliphatic heterocycles. The zero-order valence-corrected chi connectivity index (χ0v) is 8.20. The summed E-state index contributed by atoms with van der Waals surface area (Å²) in [5, 5.41) is 4.20. The zero-order valence-electron chi connectivity index (χ0n) is 8.20. The lowest BCUT2D eigenvalue weighted by atomic mass is 10.1. The maximum atomic E-state index is 5.57. The SMILES string of the molecule is CC(CCCN)c1nc(N)n(C)n1. The second kappa shape index (κ2) is 4.23. The van der Waals surface area contributed by atoms with Crippen molar-refractivity contribution in [2.75, 3.05) is 12.3 Å². The lowest BCUT2D eigenvalue weighted by molar-refractivity contribution is 0.600. The second-order valence-corrected chi connectivity index (χ2v) is 3.28. The summed E-state index contributed by atoms with van der Waals surface area (Å²) >= 11 is 0. The maximum Gasteiger partial charge on any atom is 0.218 e. The van der Waals surface area contributed by atoms with Crippen LogP contribution in [-0.4, -0.2) is 21.3 Å². The summed E-state index contributed by atoms with van der Waals surface area (Å²) < 4.78 is 1.59. The summed E-state index contributed by atoms with van der Waals surface area (Å²) in [7, 11) is 1.79. The van der Waals surface area contributed by atoms with E-state index in [1.54, 1.807) is 11.7 Å². The van der Waals surface area contributed by atoms with Gasteiger partial charge in [-0.2, -0.15) is 10.1 Å². The van der Waals surface area contributed by atoms with Gasteiger partial charge in [-0.25, -0.2) is 4.68 Å². The molecule has 0 aromatic carbocycles. The molecule has 4 N–H and O–H groups in total. The molecule has 0 bridgehead atoms. The average Bonchev–Trinajstić information content (AvgIpc) is 2.43. The maximum absolute atomic E-state index is 5.57. The van der Waals surface area contributed by atoms with Gasteiger partial charge in [-0.3, -0.25) is 0 Å².